The van der Waals surface area contributed by atoms with Crippen LogP contribution in [0.5, 0.6) is 0 Å². The van der Waals surface area contributed by atoms with Crippen LogP contribution in [-0.4, -0.2) is 23.9 Å². The van der Waals surface area contributed by atoms with Crippen molar-refractivity contribution >= 4 is 0 Å². The molecule has 0 heterocycles. The minimum Gasteiger partial charge on any atom is -0.393 e. The van der Waals surface area contributed by atoms with E-state index in [4.69, 9.17) is 4.74 Å². The molecule has 1 unspecified atom stereocenters. The molecule has 0 aliphatic heterocycles. The number of aliphatic hydroxyl groups excluding tert-OH is 1. The second-order valence-electron chi connectivity index (χ2n) is 5.37. The van der Waals surface area contributed by atoms with E-state index < -0.39 is 6.10 Å². The Kier molecular flexibility index (Phi) is 4.03. The van der Waals surface area contributed by atoms with Crippen molar-refractivity contribution in [1.82, 2.24) is 0 Å². The Labute approximate surface area is 108 Å². The van der Waals surface area contributed by atoms with Gasteiger partial charge in [0.1, 0.15) is 5.82 Å². The second kappa shape index (κ2) is 5.37. The lowest BCUT2D eigenvalue weighted by Gasteiger charge is -2.42. The normalized spacial score (nSPS) is 19.3. The van der Waals surface area contributed by atoms with E-state index in [-0.39, 0.29) is 11.4 Å². The maximum Gasteiger partial charge on any atom is 0.123 e. The van der Waals surface area contributed by atoms with Crippen molar-refractivity contribution in [3.05, 3.63) is 35.1 Å². The van der Waals surface area contributed by atoms with Crippen LogP contribution in [0, 0.1) is 12.7 Å². The maximum absolute atomic E-state index is 13.0. The molecule has 3 heteroatoms. The summed E-state index contributed by atoms with van der Waals surface area (Å²) in [5.74, 6) is -0.224. The monoisotopic (exact) mass is 252 g/mol. The zero-order valence-corrected chi connectivity index (χ0v) is 11.1. The van der Waals surface area contributed by atoms with E-state index in [1.54, 1.807) is 13.2 Å². The van der Waals surface area contributed by atoms with Gasteiger partial charge < -0.3 is 9.84 Å². The third kappa shape index (κ3) is 2.90. The first-order chi connectivity index (χ1) is 8.54. The van der Waals surface area contributed by atoms with Gasteiger partial charge in [-0.3, -0.25) is 0 Å². The van der Waals surface area contributed by atoms with Crippen LogP contribution >= 0.6 is 0 Å². The molecule has 1 N–H and O–H groups in total. The molecule has 1 aliphatic carbocycles. The van der Waals surface area contributed by atoms with Crippen molar-refractivity contribution in [3.63, 3.8) is 0 Å². The standard InChI is InChI=1S/C15H21FO2/c1-11-8-13(16)5-4-12(11)9-14(17)10-15(18-2)6-3-7-15/h4-5,8,14,17H,3,6-7,9-10H2,1-2H3. The highest BCUT2D eigenvalue weighted by Gasteiger charge is 2.38. The number of aliphatic hydroxyl groups is 1. The molecule has 2 rings (SSSR count). The number of hydrogen-bond acceptors (Lipinski definition) is 2. The molecule has 0 radical (unpaired) electrons. The van der Waals surface area contributed by atoms with E-state index in [2.05, 4.69) is 0 Å². The van der Waals surface area contributed by atoms with E-state index in [1.807, 2.05) is 6.92 Å². The third-order valence-electron chi connectivity index (χ3n) is 4.07. The first kappa shape index (κ1) is 13.5. The number of hydrogen-bond donors (Lipinski definition) is 1. The van der Waals surface area contributed by atoms with E-state index in [9.17, 15) is 9.50 Å². The topological polar surface area (TPSA) is 29.5 Å². The SMILES string of the molecule is COC1(CC(O)Cc2ccc(F)cc2C)CCC1. The minimum atomic E-state index is -0.422. The summed E-state index contributed by atoms with van der Waals surface area (Å²) in [6.45, 7) is 1.88. The fourth-order valence-corrected chi connectivity index (χ4v) is 2.71. The Morgan fingerprint density at radius 3 is 2.67 bits per heavy atom. The predicted octanol–water partition coefficient (Wildman–Crippen LogP) is 3.00. The molecule has 0 aromatic heterocycles. The molecule has 1 saturated carbocycles. The van der Waals surface area contributed by atoms with Crippen molar-refractivity contribution in [2.24, 2.45) is 0 Å². The zero-order valence-electron chi connectivity index (χ0n) is 11.1. The number of aryl methyl sites for hydroxylation is 1. The van der Waals surface area contributed by atoms with Gasteiger partial charge >= 0.3 is 0 Å². The third-order valence-corrected chi connectivity index (χ3v) is 4.07. The van der Waals surface area contributed by atoms with Gasteiger partial charge in [-0.2, -0.15) is 0 Å². The summed E-state index contributed by atoms with van der Waals surface area (Å²) in [6.07, 6.45) is 4.05. The van der Waals surface area contributed by atoms with Crippen LogP contribution < -0.4 is 0 Å². The van der Waals surface area contributed by atoms with Crippen molar-refractivity contribution in [2.45, 2.75) is 50.7 Å². The van der Waals surface area contributed by atoms with Gasteiger partial charge in [0.2, 0.25) is 0 Å². The minimum absolute atomic E-state index is 0.118. The summed E-state index contributed by atoms with van der Waals surface area (Å²) in [6, 6.07) is 4.72. The van der Waals surface area contributed by atoms with Gasteiger partial charge in [-0.05, 0) is 55.9 Å². The Bertz CT molecular complexity index is 407. The van der Waals surface area contributed by atoms with Crippen LogP contribution in [0.3, 0.4) is 0 Å². The van der Waals surface area contributed by atoms with Gasteiger partial charge in [-0.25, -0.2) is 4.39 Å². The highest BCUT2D eigenvalue weighted by Crippen LogP contribution is 2.39. The number of ether oxygens (including phenoxy) is 1. The average Bonchev–Trinajstić information content (AvgIpc) is 2.27. The van der Waals surface area contributed by atoms with Gasteiger partial charge in [-0.15, -0.1) is 0 Å². The smallest absolute Gasteiger partial charge is 0.123 e. The highest BCUT2D eigenvalue weighted by molar-refractivity contribution is 5.27. The molecule has 1 atom stereocenters. The Hall–Kier alpha value is -0.930. The summed E-state index contributed by atoms with van der Waals surface area (Å²) >= 11 is 0. The number of halogens is 1. The van der Waals surface area contributed by atoms with Gasteiger partial charge in [0.05, 0.1) is 11.7 Å². The van der Waals surface area contributed by atoms with Gasteiger partial charge in [0.15, 0.2) is 0 Å². The number of methoxy groups -OCH3 is 1. The van der Waals surface area contributed by atoms with Crippen LogP contribution in [0.15, 0.2) is 18.2 Å². The lowest BCUT2D eigenvalue weighted by atomic mass is 9.75. The van der Waals surface area contributed by atoms with Crippen molar-refractivity contribution < 1.29 is 14.2 Å². The summed E-state index contributed by atoms with van der Waals surface area (Å²) in [5, 5.41) is 10.2. The first-order valence-electron chi connectivity index (χ1n) is 6.53. The van der Waals surface area contributed by atoms with E-state index in [1.165, 1.54) is 18.6 Å². The summed E-state index contributed by atoms with van der Waals surface area (Å²) < 4.78 is 18.5. The molecular formula is C15H21FO2. The highest BCUT2D eigenvalue weighted by atomic mass is 19.1. The lowest BCUT2D eigenvalue weighted by molar-refractivity contribution is -0.0989. The summed E-state index contributed by atoms with van der Waals surface area (Å²) in [5.41, 5.74) is 1.79. The molecule has 1 aliphatic rings. The zero-order chi connectivity index (χ0) is 13.2. The molecule has 18 heavy (non-hydrogen) atoms. The van der Waals surface area contributed by atoms with Crippen molar-refractivity contribution in [3.8, 4) is 0 Å². The number of rotatable bonds is 5. The summed E-state index contributed by atoms with van der Waals surface area (Å²) in [7, 11) is 1.72. The predicted molar refractivity (Wildman–Crippen MR) is 69.1 cm³/mol. The molecule has 0 saturated heterocycles. The van der Waals surface area contributed by atoms with Gasteiger partial charge in [0.25, 0.3) is 0 Å². The molecule has 100 valence electrons. The summed E-state index contributed by atoms with van der Waals surface area (Å²) in [4.78, 5) is 0. The van der Waals surface area contributed by atoms with E-state index in [0.29, 0.717) is 12.8 Å². The fourth-order valence-electron chi connectivity index (χ4n) is 2.71. The Balaban J connectivity index is 1.96. The molecule has 0 amide bonds. The largest absolute Gasteiger partial charge is 0.393 e. The van der Waals surface area contributed by atoms with Crippen LogP contribution in [0.2, 0.25) is 0 Å². The van der Waals surface area contributed by atoms with Crippen LogP contribution in [0.1, 0.15) is 36.8 Å². The molecule has 2 nitrogen and oxygen atoms in total. The van der Waals surface area contributed by atoms with E-state index in [0.717, 1.165) is 24.0 Å². The lowest BCUT2D eigenvalue weighted by Crippen LogP contribution is -2.42. The molecule has 1 fully saturated rings. The molecule has 1 aromatic carbocycles. The average molecular weight is 252 g/mol. The molecule has 0 bridgehead atoms. The van der Waals surface area contributed by atoms with Gasteiger partial charge in [-0.1, -0.05) is 6.07 Å². The second-order valence-corrected chi connectivity index (χ2v) is 5.37. The first-order valence-corrected chi connectivity index (χ1v) is 6.53. The Morgan fingerprint density at radius 2 is 2.17 bits per heavy atom. The quantitative estimate of drug-likeness (QED) is 0.873. The number of benzene rings is 1. The fraction of sp³-hybridized carbons (Fsp3) is 0.600. The van der Waals surface area contributed by atoms with Crippen LogP contribution in [-0.2, 0) is 11.2 Å². The van der Waals surface area contributed by atoms with Crippen LogP contribution in [0.25, 0.3) is 0 Å². The van der Waals surface area contributed by atoms with Crippen molar-refractivity contribution in [1.29, 1.82) is 0 Å². The van der Waals surface area contributed by atoms with Crippen LogP contribution in [0.4, 0.5) is 4.39 Å². The molecule has 0 spiro atoms. The van der Waals surface area contributed by atoms with E-state index >= 15 is 0 Å². The molecular weight excluding hydrogens is 231 g/mol. The Morgan fingerprint density at radius 1 is 1.44 bits per heavy atom. The maximum atomic E-state index is 13.0. The van der Waals surface area contributed by atoms with Gasteiger partial charge in [0, 0.05) is 13.5 Å². The molecule has 1 aromatic rings. The van der Waals surface area contributed by atoms with Crippen molar-refractivity contribution in [2.75, 3.05) is 7.11 Å².